The lowest BCUT2D eigenvalue weighted by molar-refractivity contribution is -0.310. The first-order chi connectivity index (χ1) is 27.3. The smallest absolute Gasteiger partial charge is 0.231 e. The molecule has 4 heterocycles. The lowest BCUT2D eigenvalue weighted by atomic mass is 9.78. The van der Waals surface area contributed by atoms with Crippen LogP contribution in [0.5, 0.6) is 0 Å². The van der Waals surface area contributed by atoms with Gasteiger partial charge >= 0.3 is 0 Å². The molecule has 0 unspecified atom stereocenters. The second-order valence-corrected chi connectivity index (χ2v) is 21.2. The summed E-state index contributed by atoms with van der Waals surface area (Å²) >= 11 is 25.5. The highest BCUT2D eigenvalue weighted by Crippen LogP contribution is 2.44. The Morgan fingerprint density at radius 2 is 0.759 bits per heavy atom. The number of aromatic nitrogens is 6. The number of hydroxylamine groups is 4. The lowest BCUT2D eigenvalue weighted by Gasteiger charge is -2.56. The van der Waals surface area contributed by atoms with Gasteiger partial charge in [-0.25, -0.2) is 0 Å². The fraction of sp³-hybridized carbons (Fsp3) is 0.857. The van der Waals surface area contributed by atoms with E-state index in [-0.39, 0.29) is 67.6 Å². The molecule has 2 saturated heterocycles. The Morgan fingerprint density at radius 3 is 1.05 bits per heavy atom. The first kappa shape index (κ1) is 46.1. The summed E-state index contributed by atoms with van der Waals surface area (Å²) in [5.74, 6) is 1.06. The largest absolute Gasteiger partial charge is 0.338 e. The highest BCUT2D eigenvalue weighted by atomic mass is 35.5. The summed E-state index contributed by atoms with van der Waals surface area (Å²) in [6, 6.07) is 0.304. The molecule has 0 bridgehead atoms. The van der Waals surface area contributed by atoms with Crippen molar-refractivity contribution in [2.75, 3.05) is 22.9 Å². The molecule has 0 atom stereocenters. The van der Waals surface area contributed by atoms with E-state index in [9.17, 15) is 0 Å². The van der Waals surface area contributed by atoms with E-state index in [2.05, 4.69) is 105 Å². The Labute approximate surface area is 367 Å². The van der Waals surface area contributed by atoms with Crippen molar-refractivity contribution in [3.63, 3.8) is 0 Å². The molecule has 0 radical (unpaired) electrons. The van der Waals surface area contributed by atoms with Gasteiger partial charge in [0, 0.05) is 47.3 Å². The zero-order valence-corrected chi connectivity index (χ0v) is 39.3. The average Bonchev–Trinajstić information content (AvgIpc) is 3.12. The van der Waals surface area contributed by atoms with Crippen LogP contribution in [-0.4, -0.2) is 99.6 Å². The van der Waals surface area contributed by atoms with Gasteiger partial charge in [0.2, 0.25) is 33.0 Å². The van der Waals surface area contributed by atoms with Crippen LogP contribution in [0.2, 0.25) is 21.1 Å². The molecule has 4 aliphatic rings. The van der Waals surface area contributed by atoms with Crippen LogP contribution in [0.15, 0.2) is 0 Å². The van der Waals surface area contributed by atoms with Crippen molar-refractivity contribution in [1.82, 2.24) is 40.0 Å². The third-order valence-corrected chi connectivity index (χ3v) is 13.5. The van der Waals surface area contributed by atoms with Crippen LogP contribution in [0.1, 0.15) is 171 Å². The van der Waals surface area contributed by atoms with Crippen molar-refractivity contribution in [3.8, 4) is 0 Å². The second-order valence-electron chi connectivity index (χ2n) is 19.8. The molecular formula is C42H68Cl4N10O2. The molecule has 58 heavy (non-hydrogen) atoms. The minimum absolute atomic E-state index is 0.105. The third kappa shape index (κ3) is 11.7. The molecule has 12 nitrogen and oxygen atoms in total. The Bertz CT molecular complexity index is 1460. The molecule has 6 rings (SSSR count). The minimum Gasteiger partial charge on any atom is -0.338 e. The SMILES string of the molecule is CC1(C)CC(N(CCCCCCN(c2nc(Cl)nc(Cl)n2)C2CC(C)(C)N(OC3CCCCC3)C(C)(C)C2)c2nc(Cl)nc(Cl)n2)CC(C)(C)N1OC1CCCCC1. The Morgan fingerprint density at radius 1 is 0.466 bits per heavy atom. The monoisotopic (exact) mass is 884 g/mol. The second kappa shape index (κ2) is 19.3. The molecule has 2 aliphatic carbocycles. The van der Waals surface area contributed by atoms with Gasteiger partial charge in [0.05, 0.1) is 12.2 Å². The van der Waals surface area contributed by atoms with E-state index in [4.69, 9.17) is 56.1 Å². The number of hydrogen-bond acceptors (Lipinski definition) is 12. The molecule has 0 spiro atoms. The van der Waals surface area contributed by atoms with Gasteiger partial charge in [-0.05, 0) is 166 Å². The molecule has 2 aliphatic heterocycles. The van der Waals surface area contributed by atoms with Crippen molar-refractivity contribution in [3.05, 3.63) is 21.1 Å². The summed E-state index contributed by atoms with van der Waals surface area (Å²) in [6.45, 7) is 19.9. The zero-order valence-electron chi connectivity index (χ0n) is 36.3. The third-order valence-electron chi connectivity index (χ3n) is 12.8. The Hall–Kier alpha value is -1.38. The van der Waals surface area contributed by atoms with Gasteiger partial charge in [-0.2, -0.15) is 40.0 Å². The first-order valence-corrected chi connectivity index (χ1v) is 23.5. The molecule has 2 aromatic rings. The zero-order chi connectivity index (χ0) is 41.9. The molecule has 0 aromatic carbocycles. The molecule has 0 N–H and O–H groups in total. The maximum Gasteiger partial charge on any atom is 0.231 e. The van der Waals surface area contributed by atoms with Gasteiger partial charge in [0.1, 0.15) is 0 Å². The van der Waals surface area contributed by atoms with E-state index in [1.807, 2.05) is 0 Å². The van der Waals surface area contributed by atoms with E-state index >= 15 is 0 Å². The number of nitrogens with zero attached hydrogens (tertiary/aromatic N) is 10. The van der Waals surface area contributed by atoms with Gasteiger partial charge in [0.15, 0.2) is 0 Å². The van der Waals surface area contributed by atoms with E-state index in [0.717, 1.165) is 90.1 Å². The fourth-order valence-corrected chi connectivity index (χ4v) is 11.5. The van der Waals surface area contributed by atoms with Crippen LogP contribution in [0.3, 0.4) is 0 Å². The van der Waals surface area contributed by atoms with Gasteiger partial charge in [-0.15, -0.1) is 0 Å². The van der Waals surface area contributed by atoms with E-state index in [0.29, 0.717) is 11.9 Å². The highest BCUT2D eigenvalue weighted by Gasteiger charge is 2.51. The summed E-state index contributed by atoms with van der Waals surface area (Å²) < 4.78 is 0. The highest BCUT2D eigenvalue weighted by molar-refractivity contribution is 6.31. The van der Waals surface area contributed by atoms with Crippen molar-refractivity contribution >= 4 is 58.3 Å². The van der Waals surface area contributed by atoms with Crippen LogP contribution >= 0.6 is 46.4 Å². The summed E-state index contributed by atoms with van der Waals surface area (Å²) in [4.78, 5) is 44.8. The molecule has 0 amide bonds. The summed E-state index contributed by atoms with van der Waals surface area (Å²) in [5, 5.41) is 5.01. The van der Waals surface area contributed by atoms with Gasteiger partial charge in [-0.3, -0.25) is 9.68 Å². The van der Waals surface area contributed by atoms with Crippen LogP contribution < -0.4 is 9.80 Å². The minimum atomic E-state index is -0.214. The maximum atomic E-state index is 6.82. The predicted molar refractivity (Wildman–Crippen MR) is 235 cm³/mol. The number of hydrogen-bond donors (Lipinski definition) is 0. The van der Waals surface area contributed by atoms with Crippen molar-refractivity contribution < 1.29 is 9.68 Å². The number of anilines is 2. The molecule has 2 saturated carbocycles. The van der Waals surface area contributed by atoms with E-state index in [1.165, 1.54) is 38.5 Å². The first-order valence-electron chi connectivity index (χ1n) is 21.9. The topological polar surface area (TPSA) is 109 Å². The standard InChI is InChI=1S/C42H68Cl4N10O2/c1-39(2)25-29(26-40(3,4)55(39)57-31-19-13-11-14-20-31)53(37-49-33(43)47-34(44)50-37)23-17-9-10-18-24-54(38-51-35(45)48-36(46)52-38)30-27-41(5,6)56(42(7,8)28-30)58-32-21-15-12-16-22-32/h29-32H,9-28H2,1-8H3. The predicted octanol–water partition coefficient (Wildman–Crippen LogP) is 11.1. The van der Waals surface area contributed by atoms with Crippen LogP contribution in [0, 0.1) is 0 Å². The quantitative estimate of drug-likeness (QED) is 0.159. The van der Waals surface area contributed by atoms with Crippen LogP contribution in [-0.2, 0) is 9.68 Å². The van der Waals surface area contributed by atoms with Gasteiger partial charge < -0.3 is 9.80 Å². The maximum absolute atomic E-state index is 6.82. The fourth-order valence-electron chi connectivity index (χ4n) is 10.8. The lowest BCUT2D eigenvalue weighted by Crippen LogP contribution is -2.65. The summed E-state index contributed by atoms with van der Waals surface area (Å²) in [6.07, 6.45) is 20.0. The van der Waals surface area contributed by atoms with E-state index in [1.54, 1.807) is 0 Å². The van der Waals surface area contributed by atoms with Crippen LogP contribution in [0.4, 0.5) is 11.9 Å². The summed E-state index contributed by atoms with van der Waals surface area (Å²) in [7, 11) is 0. The molecule has 326 valence electrons. The number of rotatable bonds is 15. The van der Waals surface area contributed by atoms with Gasteiger partial charge in [-0.1, -0.05) is 51.4 Å². The molecular weight excluding hydrogens is 818 g/mol. The normalized spacial score (nSPS) is 23.6. The Balaban J connectivity index is 1.12. The van der Waals surface area contributed by atoms with Crippen molar-refractivity contribution in [1.29, 1.82) is 0 Å². The molecule has 16 heteroatoms. The van der Waals surface area contributed by atoms with Crippen LogP contribution in [0.25, 0.3) is 0 Å². The Kier molecular flexibility index (Phi) is 15.4. The number of halogens is 4. The number of piperidine rings is 2. The summed E-state index contributed by atoms with van der Waals surface area (Å²) in [5.41, 5.74) is -0.856. The van der Waals surface area contributed by atoms with Crippen molar-refractivity contribution in [2.24, 2.45) is 0 Å². The van der Waals surface area contributed by atoms with Crippen molar-refractivity contribution in [2.45, 2.75) is 217 Å². The van der Waals surface area contributed by atoms with Gasteiger partial charge in [0.25, 0.3) is 0 Å². The molecule has 4 fully saturated rings. The average molecular weight is 887 g/mol. The number of unbranched alkanes of at least 4 members (excludes halogenated alkanes) is 3. The molecule has 2 aromatic heterocycles. The van der Waals surface area contributed by atoms with E-state index < -0.39 is 0 Å².